The van der Waals surface area contributed by atoms with Crippen molar-refractivity contribution in [3.63, 3.8) is 0 Å². The van der Waals surface area contributed by atoms with Crippen molar-refractivity contribution in [3.8, 4) is 0 Å². The number of morpholine rings is 1. The van der Waals surface area contributed by atoms with E-state index in [0.29, 0.717) is 5.92 Å². The molecule has 2 aromatic carbocycles. The minimum absolute atomic E-state index is 0.106. The van der Waals surface area contributed by atoms with Crippen molar-refractivity contribution in [2.24, 2.45) is 5.92 Å². The lowest BCUT2D eigenvalue weighted by Crippen LogP contribution is -2.43. The molecule has 1 aromatic heterocycles. The first-order chi connectivity index (χ1) is 13.4. The maximum absolute atomic E-state index is 6.21. The highest BCUT2D eigenvalue weighted by Crippen LogP contribution is 2.43. The Morgan fingerprint density at radius 1 is 0.926 bits per heavy atom. The number of rotatable bonds is 4. The Morgan fingerprint density at radius 2 is 1.70 bits per heavy atom. The van der Waals surface area contributed by atoms with Gasteiger partial charge in [0.1, 0.15) is 5.52 Å². The van der Waals surface area contributed by atoms with Gasteiger partial charge in [0.25, 0.3) is 0 Å². The molecule has 0 amide bonds. The van der Waals surface area contributed by atoms with Crippen LogP contribution in [0.25, 0.3) is 11.0 Å². The molecule has 2 fully saturated rings. The topological polar surface area (TPSA) is 52.4 Å². The molecule has 2 saturated heterocycles. The molecule has 0 radical (unpaired) electrons. The highest BCUT2D eigenvalue weighted by Gasteiger charge is 2.41. The van der Waals surface area contributed by atoms with Gasteiger partial charge in [-0.3, -0.25) is 4.90 Å². The summed E-state index contributed by atoms with van der Waals surface area (Å²) in [7, 11) is 0. The summed E-state index contributed by atoms with van der Waals surface area (Å²) in [6.07, 6.45) is 0.904. The first-order valence-electron chi connectivity index (χ1n) is 9.70. The predicted octanol–water partition coefficient (Wildman–Crippen LogP) is 3.04. The summed E-state index contributed by atoms with van der Waals surface area (Å²) in [6, 6.07) is 19.2. The van der Waals surface area contributed by atoms with Gasteiger partial charge < -0.3 is 9.47 Å². The molecular formula is C21H24N4O2. The fraction of sp³-hybridized carbons (Fsp3) is 0.429. The molecule has 2 aliphatic heterocycles. The monoisotopic (exact) mass is 364 g/mol. The van der Waals surface area contributed by atoms with Gasteiger partial charge in [-0.25, -0.2) is 4.68 Å². The van der Waals surface area contributed by atoms with E-state index in [9.17, 15) is 0 Å². The number of hydrogen-bond donors (Lipinski definition) is 0. The Balaban J connectivity index is 1.54. The van der Waals surface area contributed by atoms with Gasteiger partial charge in [-0.2, -0.15) is 0 Å². The van der Waals surface area contributed by atoms with Crippen LogP contribution < -0.4 is 0 Å². The Labute approximate surface area is 158 Å². The molecule has 6 heteroatoms. The Bertz CT molecular complexity index is 891. The smallest absolute Gasteiger partial charge is 0.157 e. The molecule has 3 aromatic rings. The summed E-state index contributed by atoms with van der Waals surface area (Å²) < 4.78 is 13.8. The van der Waals surface area contributed by atoms with Gasteiger partial charge in [-0.05, 0) is 24.1 Å². The van der Waals surface area contributed by atoms with Gasteiger partial charge in [-0.15, -0.1) is 5.10 Å². The summed E-state index contributed by atoms with van der Waals surface area (Å²) in [5.41, 5.74) is 3.28. The Hall–Kier alpha value is -2.28. The molecule has 3 atom stereocenters. The maximum Gasteiger partial charge on any atom is 0.157 e. The second-order valence-corrected chi connectivity index (χ2v) is 7.24. The number of benzene rings is 2. The molecular weight excluding hydrogens is 340 g/mol. The van der Waals surface area contributed by atoms with E-state index in [2.05, 4.69) is 51.6 Å². The fourth-order valence-corrected chi connectivity index (χ4v) is 4.47. The number of hydrogen-bond acceptors (Lipinski definition) is 5. The normalized spacial score (nSPS) is 25.0. The zero-order valence-electron chi connectivity index (χ0n) is 15.3. The van der Waals surface area contributed by atoms with E-state index in [1.807, 2.05) is 22.9 Å². The average molecular weight is 364 g/mol. The third-order valence-electron chi connectivity index (χ3n) is 5.71. The third-order valence-corrected chi connectivity index (χ3v) is 5.71. The zero-order valence-corrected chi connectivity index (χ0v) is 15.3. The molecule has 0 aliphatic carbocycles. The molecule has 0 N–H and O–H groups in total. The molecule has 2 aliphatic rings. The van der Waals surface area contributed by atoms with Crippen molar-refractivity contribution < 1.29 is 9.47 Å². The minimum Gasteiger partial charge on any atom is -0.379 e. The van der Waals surface area contributed by atoms with Gasteiger partial charge in [-0.1, -0.05) is 47.7 Å². The summed E-state index contributed by atoms with van der Waals surface area (Å²) >= 11 is 0. The van der Waals surface area contributed by atoms with Crippen molar-refractivity contribution in [1.82, 2.24) is 19.9 Å². The summed E-state index contributed by atoms with van der Waals surface area (Å²) in [5, 5.41) is 8.79. The van der Waals surface area contributed by atoms with Crippen LogP contribution in [0.15, 0.2) is 54.6 Å². The van der Waals surface area contributed by atoms with E-state index in [1.54, 1.807) is 0 Å². The zero-order chi connectivity index (χ0) is 18.1. The van der Waals surface area contributed by atoms with Crippen molar-refractivity contribution >= 4 is 11.0 Å². The largest absolute Gasteiger partial charge is 0.379 e. The minimum atomic E-state index is -0.106. The number of fused-ring (bicyclic) bond motifs is 1. The van der Waals surface area contributed by atoms with Gasteiger partial charge in [0, 0.05) is 31.7 Å². The molecule has 0 spiro atoms. The third kappa shape index (κ3) is 3.14. The standard InChI is InChI=1S/C21H24N4O2/c1-2-6-16(7-3-1)20(24-11-14-26-15-12-24)17-10-13-27-21(17)25-19-9-5-4-8-18(19)22-23-25/h1-9,17,20-21H,10-15H2/t17-,20-,21+/m1/s1. The SMILES string of the molecule is c1ccc([C@H]([C@H]2CCO[C@@H]2n2nnc3ccccc32)N2CCOCC2)cc1. The van der Waals surface area contributed by atoms with Crippen LogP contribution >= 0.6 is 0 Å². The highest BCUT2D eigenvalue weighted by molar-refractivity contribution is 5.73. The van der Waals surface area contributed by atoms with Gasteiger partial charge in [0.05, 0.1) is 18.7 Å². The lowest BCUT2D eigenvalue weighted by Gasteiger charge is -2.39. The molecule has 0 saturated carbocycles. The van der Waals surface area contributed by atoms with Crippen LogP contribution in [0.4, 0.5) is 0 Å². The number of aromatic nitrogens is 3. The van der Waals surface area contributed by atoms with Crippen molar-refractivity contribution in [3.05, 3.63) is 60.2 Å². The first-order valence-corrected chi connectivity index (χ1v) is 9.70. The summed E-state index contributed by atoms with van der Waals surface area (Å²) in [4.78, 5) is 2.55. The van der Waals surface area contributed by atoms with Gasteiger partial charge in [0.15, 0.2) is 6.23 Å². The highest BCUT2D eigenvalue weighted by atomic mass is 16.5. The molecule has 5 rings (SSSR count). The van der Waals surface area contributed by atoms with E-state index < -0.39 is 0 Å². The maximum atomic E-state index is 6.21. The summed E-state index contributed by atoms with van der Waals surface area (Å²) in [5.74, 6) is 0.315. The van der Waals surface area contributed by atoms with Crippen LogP contribution in [0.2, 0.25) is 0 Å². The van der Waals surface area contributed by atoms with E-state index in [0.717, 1.165) is 50.4 Å². The molecule has 6 nitrogen and oxygen atoms in total. The molecule has 140 valence electrons. The predicted molar refractivity (Wildman–Crippen MR) is 102 cm³/mol. The molecule has 27 heavy (non-hydrogen) atoms. The van der Waals surface area contributed by atoms with Gasteiger partial charge in [0.2, 0.25) is 0 Å². The van der Waals surface area contributed by atoms with Crippen LogP contribution in [-0.2, 0) is 9.47 Å². The second-order valence-electron chi connectivity index (χ2n) is 7.24. The van der Waals surface area contributed by atoms with Crippen molar-refractivity contribution in [2.75, 3.05) is 32.9 Å². The van der Waals surface area contributed by atoms with Crippen molar-refractivity contribution in [1.29, 1.82) is 0 Å². The number of ether oxygens (including phenoxy) is 2. The molecule has 3 heterocycles. The first kappa shape index (κ1) is 16.9. The quantitative estimate of drug-likeness (QED) is 0.712. The van der Waals surface area contributed by atoms with Gasteiger partial charge >= 0.3 is 0 Å². The Kier molecular flexibility index (Phi) is 4.61. The molecule has 0 bridgehead atoms. The van der Waals surface area contributed by atoms with Crippen LogP contribution in [0.5, 0.6) is 0 Å². The van der Waals surface area contributed by atoms with E-state index in [1.165, 1.54) is 5.56 Å². The van der Waals surface area contributed by atoms with E-state index in [4.69, 9.17) is 9.47 Å². The summed E-state index contributed by atoms with van der Waals surface area (Å²) in [6.45, 7) is 4.21. The van der Waals surface area contributed by atoms with E-state index in [-0.39, 0.29) is 12.3 Å². The van der Waals surface area contributed by atoms with Crippen LogP contribution in [0.1, 0.15) is 24.3 Å². The van der Waals surface area contributed by atoms with Crippen LogP contribution in [-0.4, -0.2) is 52.8 Å². The van der Waals surface area contributed by atoms with Crippen molar-refractivity contribution in [2.45, 2.75) is 18.7 Å². The van der Waals surface area contributed by atoms with Crippen LogP contribution in [0, 0.1) is 5.92 Å². The lowest BCUT2D eigenvalue weighted by atomic mass is 9.88. The fourth-order valence-electron chi connectivity index (χ4n) is 4.47. The Morgan fingerprint density at radius 3 is 2.56 bits per heavy atom. The second kappa shape index (κ2) is 7.38. The molecule has 0 unspecified atom stereocenters. The lowest BCUT2D eigenvalue weighted by molar-refractivity contribution is -0.0344. The number of para-hydroxylation sites is 1. The van der Waals surface area contributed by atoms with Crippen LogP contribution in [0.3, 0.4) is 0 Å². The van der Waals surface area contributed by atoms with E-state index >= 15 is 0 Å². The number of nitrogens with zero attached hydrogens (tertiary/aromatic N) is 4. The average Bonchev–Trinajstić information content (AvgIpc) is 3.37.